The number of nitrogens with one attached hydrogen (secondary N) is 3. The third kappa shape index (κ3) is 12.7. The standard InChI is InChI=1S/C38H62N4O16/c1-3-4-5-6-7-8-9-10-11-12-13-14-15-24(46)40-27-31(51)28(48)22(55-37(27)58-36-26(39-20(2)44)30(50)29(49)23(19-43)56-36)18-21(45)34-32(52)33(53)35(57-34)42-17-16-25(47)41-38(42)54/h14-17,21-23,26-37,43,45,48-53H,3-13,18-19H2,1-2H3,(H,39,44)(H,40,46)(H,41,47,54)/b15-14+/t21-,22?,23?,26?,27?,28?,29?,30?,31?,32?,33?,34?,35?,36?,37?/m1/s1. The predicted molar refractivity (Wildman–Crippen MR) is 203 cm³/mol. The summed E-state index contributed by atoms with van der Waals surface area (Å²) >= 11 is 0. The Bertz CT molecular complexity index is 1580. The van der Waals surface area contributed by atoms with Gasteiger partial charge in [0.15, 0.2) is 18.8 Å². The number of aliphatic hydroxyl groups excluding tert-OH is 8. The van der Waals surface area contributed by atoms with Crippen molar-refractivity contribution >= 4 is 11.8 Å². The van der Waals surface area contributed by atoms with Crippen molar-refractivity contribution in [1.82, 2.24) is 20.2 Å². The van der Waals surface area contributed by atoms with Gasteiger partial charge in [0, 0.05) is 25.6 Å². The number of nitrogens with zero attached hydrogens (tertiary/aromatic N) is 1. The number of ether oxygens (including phenoxy) is 4. The van der Waals surface area contributed by atoms with Crippen molar-refractivity contribution in [3.8, 4) is 0 Å². The number of amides is 2. The highest BCUT2D eigenvalue weighted by atomic mass is 16.8. The monoisotopic (exact) mass is 830 g/mol. The van der Waals surface area contributed by atoms with Gasteiger partial charge in [0.2, 0.25) is 11.8 Å². The number of carbonyl (C=O) groups excluding carboxylic acids is 2. The lowest BCUT2D eigenvalue weighted by molar-refractivity contribution is -0.346. The van der Waals surface area contributed by atoms with E-state index in [1.807, 2.05) is 4.98 Å². The highest BCUT2D eigenvalue weighted by molar-refractivity contribution is 5.87. The molecule has 4 heterocycles. The number of carbonyl (C=O) groups is 2. The van der Waals surface area contributed by atoms with Crippen LogP contribution in [0.5, 0.6) is 0 Å². The van der Waals surface area contributed by atoms with E-state index < -0.39 is 128 Å². The lowest BCUT2D eigenvalue weighted by atomic mass is 9.91. The van der Waals surface area contributed by atoms with E-state index in [9.17, 15) is 60.0 Å². The maximum absolute atomic E-state index is 13.1. The highest BCUT2D eigenvalue weighted by Gasteiger charge is 2.53. The van der Waals surface area contributed by atoms with Crippen molar-refractivity contribution in [1.29, 1.82) is 0 Å². The van der Waals surface area contributed by atoms with E-state index in [-0.39, 0.29) is 0 Å². The molecule has 2 amide bonds. The summed E-state index contributed by atoms with van der Waals surface area (Å²) in [6.07, 6.45) is -6.36. The Labute approximate surface area is 335 Å². The molecule has 0 spiro atoms. The highest BCUT2D eigenvalue weighted by Crippen LogP contribution is 2.34. The van der Waals surface area contributed by atoms with Gasteiger partial charge in [-0.05, 0) is 18.9 Å². The Morgan fingerprint density at radius 1 is 0.810 bits per heavy atom. The van der Waals surface area contributed by atoms with E-state index in [1.54, 1.807) is 6.08 Å². The molecule has 20 nitrogen and oxygen atoms in total. The van der Waals surface area contributed by atoms with Crippen molar-refractivity contribution < 1.29 is 69.4 Å². The summed E-state index contributed by atoms with van der Waals surface area (Å²) in [6.45, 7) is 2.54. The molecule has 0 radical (unpaired) electrons. The van der Waals surface area contributed by atoms with Gasteiger partial charge in [0.05, 0.1) is 18.8 Å². The molecule has 14 unspecified atom stereocenters. The van der Waals surface area contributed by atoms with Crippen LogP contribution in [0.2, 0.25) is 0 Å². The van der Waals surface area contributed by atoms with E-state index in [1.165, 1.54) is 44.6 Å². The van der Waals surface area contributed by atoms with Crippen molar-refractivity contribution in [2.24, 2.45) is 0 Å². The molecule has 0 bridgehead atoms. The van der Waals surface area contributed by atoms with Crippen LogP contribution in [-0.2, 0) is 28.5 Å². The first-order valence-corrected chi connectivity index (χ1v) is 20.2. The lowest BCUT2D eigenvalue weighted by Crippen LogP contribution is -2.68. The van der Waals surface area contributed by atoms with Crippen LogP contribution in [-0.4, -0.2) is 155 Å². The smallest absolute Gasteiger partial charge is 0.330 e. The molecular weight excluding hydrogens is 768 g/mol. The molecule has 1 aromatic heterocycles. The van der Waals surface area contributed by atoms with Gasteiger partial charge in [-0.1, -0.05) is 70.8 Å². The van der Waals surface area contributed by atoms with Gasteiger partial charge in [-0.2, -0.15) is 0 Å². The van der Waals surface area contributed by atoms with Crippen LogP contribution in [0.1, 0.15) is 97.1 Å². The molecule has 11 N–H and O–H groups in total. The first kappa shape index (κ1) is 47.6. The predicted octanol–water partition coefficient (Wildman–Crippen LogP) is -2.33. The molecule has 0 saturated carbocycles. The number of aliphatic hydroxyl groups is 8. The average molecular weight is 831 g/mol. The first-order valence-electron chi connectivity index (χ1n) is 20.2. The fourth-order valence-corrected chi connectivity index (χ4v) is 7.50. The van der Waals surface area contributed by atoms with Gasteiger partial charge < -0.3 is 70.4 Å². The average Bonchev–Trinajstić information content (AvgIpc) is 3.48. The second-order valence-electron chi connectivity index (χ2n) is 15.3. The number of hydrogen-bond donors (Lipinski definition) is 11. The molecule has 3 saturated heterocycles. The Balaban J connectivity index is 1.46. The van der Waals surface area contributed by atoms with Gasteiger partial charge in [-0.15, -0.1) is 0 Å². The molecule has 3 aliphatic rings. The molecule has 58 heavy (non-hydrogen) atoms. The molecule has 0 aromatic carbocycles. The minimum atomic E-state index is -1.85. The zero-order valence-corrected chi connectivity index (χ0v) is 33.0. The number of unbranched alkanes of at least 4 members (excludes halogenated alkanes) is 10. The third-order valence-electron chi connectivity index (χ3n) is 10.8. The Kier molecular flexibility index (Phi) is 18.9. The summed E-state index contributed by atoms with van der Waals surface area (Å²) in [4.78, 5) is 51.1. The fraction of sp³-hybridized carbons (Fsp3) is 0.789. The summed E-state index contributed by atoms with van der Waals surface area (Å²) < 4.78 is 24.1. The number of hydrogen-bond acceptors (Lipinski definition) is 16. The Hall–Kier alpha value is -3.12. The van der Waals surface area contributed by atoms with Crippen molar-refractivity contribution in [3.63, 3.8) is 0 Å². The summed E-state index contributed by atoms with van der Waals surface area (Å²) in [7, 11) is 0. The van der Waals surface area contributed by atoms with E-state index in [0.717, 1.165) is 49.4 Å². The molecule has 330 valence electrons. The largest absolute Gasteiger partial charge is 0.394 e. The normalized spacial score (nSPS) is 34.6. The molecule has 1 aromatic rings. The van der Waals surface area contributed by atoms with Gasteiger partial charge in [0.25, 0.3) is 5.56 Å². The van der Waals surface area contributed by atoms with Crippen LogP contribution in [0.15, 0.2) is 34.0 Å². The topological polar surface area (TPSA) is 312 Å². The van der Waals surface area contributed by atoms with Crippen LogP contribution in [0.25, 0.3) is 0 Å². The Morgan fingerprint density at radius 3 is 1.97 bits per heavy atom. The van der Waals surface area contributed by atoms with Crippen LogP contribution < -0.4 is 21.9 Å². The quantitative estimate of drug-likeness (QED) is 0.0457. The van der Waals surface area contributed by atoms with Crippen molar-refractivity contribution in [3.05, 3.63) is 45.3 Å². The number of rotatable bonds is 21. The Morgan fingerprint density at radius 2 is 1.38 bits per heavy atom. The van der Waals surface area contributed by atoms with E-state index in [4.69, 9.17) is 18.9 Å². The van der Waals surface area contributed by atoms with E-state index in [2.05, 4.69) is 17.6 Å². The minimum Gasteiger partial charge on any atom is -0.394 e. The number of aromatic nitrogens is 2. The third-order valence-corrected chi connectivity index (χ3v) is 10.8. The van der Waals surface area contributed by atoms with Crippen LogP contribution >= 0.6 is 0 Å². The molecule has 15 atom stereocenters. The maximum Gasteiger partial charge on any atom is 0.330 e. The second kappa shape index (κ2) is 23.0. The summed E-state index contributed by atoms with van der Waals surface area (Å²) in [5.74, 6) is -1.35. The van der Waals surface area contributed by atoms with Crippen LogP contribution in [0.4, 0.5) is 0 Å². The maximum atomic E-state index is 13.1. The van der Waals surface area contributed by atoms with Gasteiger partial charge in [-0.3, -0.25) is 23.9 Å². The SMILES string of the molecule is CCCCCCCCCCCC/C=C/C(=O)NC1C(OC2OC(CO)C(O)C(O)C2NC(C)=O)OC(C[C@@H](O)C2OC(n3ccc(=O)[nH]c3=O)C(O)C2O)C(O)C1O. The number of H-pyrrole nitrogens is 1. The van der Waals surface area contributed by atoms with Gasteiger partial charge >= 0.3 is 5.69 Å². The lowest BCUT2D eigenvalue weighted by Gasteiger charge is -2.47. The van der Waals surface area contributed by atoms with Crippen LogP contribution in [0, 0.1) is 0 Å². The molecule has 0 aliphatic carbocycles. The molecule has 20 heteroatoms. The van der Waals surface area contributed by atoms with Gasteiger partial charge in [-0.25, -0.2) is 4.79 Å². The van der Waals surface area contributed by atoms with Gasteiger partial charge in [0.1, 0.15) is 60.9 Å². The minimum absolute atomic E-state index is 0.597. The molecule has 4 rings (SSSR count). The molecule has 3 aliphatic heterocycles. The fourth-order valence-electron chi connectivity index (χ4n) is 7.50. The number of allylic oxidation sites excluding steroid dienone is 1. The van der Waals surface area contributed by atoms with Crippen molar-refractivity contribution in [2.75, 3.05) is 6.61 Å². The summed E-state index contributed by atoms with van der Waals surface area (Å²) in [5, 5.41) is 91.4. The molecular formula is C38H62N4O16. The first-order chi connectivity index (χ1) is 27.7. The molecule has 3 fully saturated rings. The zero-order chi connectivity index (χ0) is 42.5. The zero-order valence-electron chi connectivity index (χ0n) is 33.0. The second-order valence-corrected chi connectivity index (χ2v) is 15.3. The summed E-state index contributed by atoms with van der Waals surface area (Å²) in [5.41, 5.74) is -1.68. The van der Waals surface area contributed by atoms with Crippen LogP contribution in [0.3, 0.4) is 0 Å². The van der Waals surface area contributed by atoms with E-state index in [0.29, 0.717) is 6.42 Å². The summed E-state index contributed by atoms with van der Waals surface area (Å²) in [6, 6.07) is -2.01. The van der Waals surface area contributed by atoms with Crippen molar-refractivity contribution in [2.45, 2.75) is 183 Å². The number of aromatic amines is 1. The van der Waals surface area contributed by atoms with E-state index >= 15 is 0 Å².